The predicted octanol–water partition coefficient (Wildman–Crippen LogP) is 3.89. The van der Waals surface area contributed by atoms with E-state index in [2.05, 4.69) is 43.4 Å². The van der Waals surface area contributed by atoms with Gasteiger partial charge in [-0.2, -0.15) is 0 Å². The number of benzene rings is 1. The van der Waals surface area contributed by atoms with E-state index in [1.165, 1.54) is 11.3 Å². The molecule has 0 fully saturated rings. The lowest BCUT2D eigenvalue weighted by Gasteiger charge is -2.14. The van der Waals surface area contributed by atoms with Crippen molar-refractivity contribution in [2.75, 3.05) is 5.32 Å². The first-order valence-corrected chi connectivity index (χ1v) is 6.16. The van der Waals surface area contributed by atoms with Gasteiger partial charge in [-0.1, -0.05) is 19.1 Å². The lowest BCUT2D eigenvalue weighted by atomic mass is 10.1. The van der Waals surface area contributed by atoms with Gasteiger partial charge in [0.25, 0.3) is 0 Å². The van der Waals surface area contributed by atoms with Gasteiger partial charge in [0.15, 0.2) is 0 Å². The summed E-state index contributed by atoms with van der Waals surface area (Å²) in [6.07, 6.45) is 3.70. The van der Waals surface area contributed by atoms with E-state index >= 15 is 0 Å². The van der Waals surface area contributed by atoms with Crippen LogP contribution in [0.5, 0.6) is 0 Å². The molecule has 2 heteroatoms. The van der Waals surface area contributed by atoms with Gasteiger partial charge >= 0.3 is 0 Å². The van der Waals surface area contributed by atoms with Crippen LogP contribution in [-0.2, 0) is 12.8 Å². The van der Waals surface area contributed by atoms with Gasteiger partial charge in [0.2, 0.25) is 0 Å². The van der Waals surface area contributed by atoms with Crippen molar-refractivity contribution in [3.63, 3.8) is 0 Å². The van der Waals surface area contributed by atoms with E-state index in [9.17, 15) is 0 Å². The Morgan fingerprint density at radius 2 is 2.12 bits per heavy atom. The average Bonchev–Trinajstić information content (AvgIpc) is 2.82. The van der Waals surface area contributed by atoms with E-state index in [4.69, 9.17) is 4.42 Å². The Balaban J connectivity index is 1.95. The summed E-state index contributed by atoms with van der Waals surface area (Å²) in [7, 11) is 0. The highest BCUT2D eigenvalue weighted by atomic mass is 16.3. The molecule has 1 N–H and O–H groups in total. The number of rotatable bonds is 5. The quantitative estimate of drug-likeness (QED) is 0.841. The summed E-state index contributed by atoms with van der Waals surface area (Å²) in [6.45, 7) is 4.34. The van der Waals surface area contributed by atoms with Crippen molar-refractivity contribution in [1.29, 1.82) is 0 Å². The number of nitrogens with one attached hydrogen (secondary N) is 1. The SMILES string of the molecule is CCc1cccc(NC(C)Cc2ccco2)c1. The number of hydrogen-bond acceptors (Lipinski definition) is 2. The highest BCUT2D eigenvalue weighted by molar-refractivity contribution is 5.46. The minimum atomic E-state index is 0.369. The van der Waals surface area contributed by atoms with Crippen molar-refractivity contribution in [2.45, 2.75) is 32.7 Å². The zero-order valence-electron chi connectivity index (χ0n) is 10.4. The van der Waals surface area contributed by atoms with Crippen LogP contribution < -0.4 is 5.32 Å². The highest BCUT2D eigenvalue weighted by Crippen LogP contribution is 2.14. The molecule has 2 rings (SSSR count). The Morgan fingerprint density at radius 1 is 1.24 bits per heavy atom. The van der Waals surface area contributed by atoms with Crippen molar-refractivity contribution < 1.29 is 4.42 Å². The second-order valence-electron chi connectivity index (χ2n) is 4.38. The summed E-state index contributed by atoms with van der Waals surface area (Å²) in [5, 5.41) is 3.49. The molecule has 0 radical (unpaired) electrons. The fourth-order valence-corrected chi connectivity index (χ4v) is 1.95. The highest BCUT2D eigenvalue weighted by Gasteiger charge is 2.05. The molecule has 0 amide bonds. The summed E-state index contributed by atoms with van der Waals surface area (Å²) >= 11 is 0. The van der Waals surface area contributed by atoms with Crippen LogP contribution >= 0.6 is 0 Å². The third-order valence-corrected chi connectivity index (χ3v) is 2.84. The molecule has 0 aliphatic rings. The monoisotopic (exact) mass is 229 g/mol. The molecular formula is C15H19NO. The molecule has 2 nitrogen and oxygen atoms in total. The minimum absolute atomic E-state index is 0.369. The molecule has 0 saturated heterocycles. The Kier molecular flexibility index (Phi) is 3.86. The largest absolute Gasteiger partial charge is 0.469 e. The number of furan rings is 1. The van der Waals surface area contributed by atoms with Crippen molar-refractivity contribution in [3.05, 3.63) is 54.0 Å². The fraction of sp³-hybridized carbons (Fsp3) is 0.333. The van der Waals surface area contributed by atoms with Gasteiger partial charge in [-0.25, -0.2) is 0 Å². The molecule has 0 saturated carbocycles. The first kappa shape index (κ1) is 11.8. The van der Waals surface area contributed by atoms with Crippen LogP contribution in [0.15, 0.2) is 47.1 Å². The average molecular weight is 229 g/mol. The van der Waals surface area contributed by atoms with E-state index in [0.29, 0.717) is 6.04 Å². The predicted molar refractivity (Wildman–Crippen MR) is 71.3 cm³/mol. The lowest BCUT2D eigenvalue weighted by Crippen LogP contribution is -2.17. The third-order valence-electron chi connectivity index (χ3n) is 2.84. The van der Waals surface area contributed by atoms with Crippen LogP contribution in [0.25, 0.3) is 0 Å². The molecule has 1 aromatic heterocycles. The third kappa shape index (κ3) is 3.38. The smallest absolute Gasteiger partial charge is 0.105 e. The van der Waals surface area contributed by atoms with E-state index in [-0.39, 0.29) is 0 Å². The summed E-state index contributed by atoms with van der Waals surface area (Å²) in [5.41, 5.74) is 2.55. The second-order valence-corrected chi connectivity index (χ2v) is 4.38. The maximum Gasteiger partial charge on any atom is 0.105 e. The Hall–Kier alpha value is -1.70. The van der Waals surface area contributed by atoms with Gasteiger partial charge in [0, 0.05) is 18.2 Å². The molecule has 90 valence electrons. The van der Waals surface area contributed by atoms with Crippen molar-refractivity contribution >= 4 is 5.69 Å². The van der Waals surface area contributed by atoms with Gasteiger partial charge in [-0.15, -0.1) is 0 Å². The molecular weight excluding hydrogens is 210 g/mol. The molecule has 2 aromatic rings. The Bertz CT molecular complexity index is 448. The van der Waals surface area contributed by atoms with E-state index < -0.39 is 0 Å². The van der Waals surface area contributed by atoms with Gasteiger partial charge in [0.1, 0.15) is 5.76 Å². The van der Waals surface area contributed by atoms with Gasteiger partial charge < -0.3 is 9.73 Å². The summed E-state index contributed by atoms with van der Waals surface area (Å²) in [6, 6.07) is 12.9. The first-order chi connectivity index (χ1) is 8.28. The normalized spacial score (nSPS) is 12.4. The standard InChI is InChI=1S/C15H19NO/c1-3-13-6-4-7-14(11-13)16-12(2)10-15-8-5-9-17-15/h4-9,11-12,16H,3,10H2,1-2H3. The number of aryl methyl sites for hydroxylation is 1. The van der Waals surface area contributed by atoms with Crippen LogP contribution in [0.3, 0.4) is 0 Å². The molecule has 1 atom stereocenters. The van der Waals surface area contributed by atoms with Gasteiger partial charge in [0.05, 0.1) is 6.26 Å². The molecule has 0 aliphatic carbocycles. The van der Waals surface area contributed by atoms with E-state index in [1.54, 1.807) is 6.26 Å². The second kappa shape index (κ2) is 5.58. The van der Waals surface area contributed by atoms with E-state index in [0.717, 1.165) is 18.6 Å². The van der Waals surface area contributed by atoms with Crippen molar-refractivity contribution in [3.8, 4) is 0 Å². The lowest BCUT2D eigenvalue weighted by molar-refractivity contribution is 0.498. The van der Waals surface area contributed by atoms with Crippen molar-refractivity contribution in [1.82, 2.24) is 0 Å². The van der Waals surface area contributed by atoms with Crippen LogP contribution in [0.2, 0.25) is 0 Å². The van der Waals surface area contributed by atoms with E-state index in [1.807, 2.05) is 12.1 Å². The maximum absolute atomic E-state index is 5.35. The van der Waals surface area contributed by atoms with Crippen LogP contribution in [0.4, 0.5) is 5.69 Å². The zero-order chi connectivity index (χ0) is 12.1. The topological polar surface area (TPSA) is 25.2 Å². The summed E-state index contributed by atoms with van der Waals surface area (Å²) in [5.74, 6) is 1.02. The van der Waals surface area contributed by atoms with Crippen LogP contribution in [0.1, 0.15) is 25.2 Å². The molecule has 0 aliphatic heterocycles. The Labute approximate surface area is 103 Å². The van der Waals surface area contributed by atoms with Gasteiger partial charge in [-0.05, 0) is 43.2 Å². The number of hydrogen-bond donors (Lipinski definition) is 1. The first-order valence-electron chi connectivity index (χ1n) is 6.16. The maximum atomic E-state index is 5.35. The van der Waals surface area contributed by atoms with Crippen LogP contribution in [-0.4, -0.2) is 6.04 Å². The fourth-order valence-electron chi connectivity index (χ4n) is 1.95. The van der Waals surface area contributed by atoms with Gasteiger partial charge in [-0.3, -0.25) is 0 Å². The molecule has 1 aromatic carbocycles. The molecule has 0 spiro atoms. The molecule has 1 heterocycles. The molecule has 0 bridgehead atoms. The van der Waals surface area contributed by atoms with Crippen LogP contribution in [0, 0.1) is 0 Å². The Morgan fingerprint density at radius 3 is 2.82 bits per heavy atom. The zero-order valence-corrected chi connectivity index (χ0v) is 10.4. The van der Waals surface area contributed by atoms with Crippen molar-refractivity contribution in [2.24, 2.45) is 0 Å². The number of anilines is 1. The molecule has 1 unspecified atom stereocenters. The summed E-state index contributed by atoms with van der Waals surface area (Å²) < 4.78 is 5.35. The minimum Gasteiger partial charge on any atom is -0.469 e. The molecule has 17 heavy (non-hydrogen) atoms. The summed E-state index contributed by atoms with van der Waals surface area (Å²) in [4.78, 5) is 0.